The summed E-state index contributed by atoms with van der Waals surface area (Å²) in [6.45, 7) is 8.77. The van der Waals surface area contributed by atoms with Crippen LogP contribution < -0.4 is 11.1 Å². The molecule has 1 saturated heterocycles. The molecule has 0 spiro atoms. The van der Waals surface area contributed by atoms with E-state index < -0.39 is 11.9 Å². The van der Waals surface area contributed by atoms with Gasteiger partial charge in [-0.15, -0.1) is 0 Å². The highest BCUT2D eigenvalue weighted by molar-refractivity contribution is 5.88. The van der Waals surface area contributed by atoms with E-state index in [0.29, 0.717) is 18.7 Å². The molecule has 170 valence electrons. The maximum atomic E-state index is 13.2. The predicted octanol–water partition coefficient (Wildman–Crippen LogP) is 2.08. The zero-order valence-electron chi connectivity index (χ0n) is 19.0. The van der Waals surface area contributed by atoms with Gasteiger partial charge in [0.25, 0.3) is 0 Å². The molecule has 7 nitrogen and oxygen atoms in total. The van der Waals surface area contributed by atoms with Crippen LogP contribution in [0.15, 0.2) is 30.3 Å². The summed E-state index contributed by atoms with van der Waals surface area (Å²) in [5, 5.41) is 2.91. The zero-order valence-corrected chi connectivity index (χ0v) is 19.0. The van der Waals surface area contributed by atoms with Gasteiger partial charge in [0.1, 0.15) is 6.04 Å². The van der Waals surface area contributed by atoms with E-state index in [1.165, 1.54) is 0 Å². The number of piperazine rings is 1. The fourth-order valence-electron chi connectivity index (χ4n) is 4.80. The Labute approximate surface area is 185 Å². The number of hydrogen-bond donors (Lipinski definition) is 2. The van der Waals surface area contributed by atoms with Crippen LogP contribution in [-0.2, 0) is 14.4 Å². The van der Waals surface area contributed by atoms with Crippen molar-refractivity contribution in [2.75, 3.05) is 26.2 Å². The largest absolute Gasteiger partial charge is 0.368 e. The number of nitrogens with zero attached hydrogens (tertiary/aromatic N) is 2. The monoisotopic (exact) mass is 428 g/mol. The number of carbonyl (C=O) groups is 3. The summed E-state index contributed by atoms with van der Waals surface area (Å²) < 4.78 is 0. The maximum absolute atomic E-state index is 13.2. The van der Waals surface area contributed by atoms with Gasteiger partial charge < -0.3 is 16.0 Å². The first kappa shape index (κ1) is 23.3. The molecule has 1 aliphatic heterocycles. The van der Waals surface area contributed by atoms with Gasteiger partial charge in [0.2, 0.25) is 17.7 Å². The standard InChI is InChI=1S/C24H36N4O3/c1-24(2,3)23(31)28-15-13-27(14-16-28)19-12-8-7-11-18(19)22(30)26-20(21(25)29)17-9-5-4-6-10-17/h4-6,9-10,18-20H,7-8,11-16H2,1-3H3,(H2,25,29)(H,26,30)/t18-,19-,20+/m1/s1. The molecule has 2 fully saturated rings. The minimum Gasteiger partial charge on any atom is -0.368 e. The fraction of sp³-hybridized carbons (Fsp3) is 0.625. The molecule has 3 rings (SSSR count). The lowest BCUT2D eigenvalue weighted by Gasteiger charge is -2.44. The fourth-order valence-corrected chi connectivity index (χ4v) is 4.80. The smallest absolute Gasteiger partial charge is 0.244 e. The van der Waals surface area contributed by atoms with E-state index in [0.717, 1.165) is 38.8 Å². The van der Waals surface area contributed by atoms with Gasteiger partial charge in [-0.25, -0.2) is 0 Å². The van der Waals surface area contributed by atoms with E-state index in [1.54, 1.807) is 12.1 Å². The van der Waals surface area contributed by atoms with E-state index >= 15 is 0 Å². The molecule has 0 bridgehead atoms. The topological polar surface area (TPSA) is 95.7 Å². The van der Waals surface area contributed by atoms with Gasteiger partial charge in [0.05, 0.1) is 5.92 Å². The summed E-state index contributed by atoms with van der Waals surface area (Å²) in [7, 11) is 0. The van der Waals surface area contributed by atoms with Crippen LogP contribution in [0.25, 0.3) is 0 Å². The van der Waals surface area contributed by atoms with Crippen LogP contribution in [0.3, 0.4) is 0 Å². The van der Waals surface area contributed by atoms with Gasteiger partial charge in [-0.3, -0.25) is 19.3 Å². The second kappa shape index (κ2) is 9.81. The van der Waals surface area contributed by atoms with Gasteiger partial charge in [-0.1, -0.05) is 63.9 Å². The molecule has 1 aliphatic carbocycles. The molecule has 3 amide bonds. The third-order valence-corrected chi connectivity index (χ3v) is 6.48. The zero-order chi connectivity index (χ0) is 22.6. The molecule has 3 N–H and O–H groups in total. The highest BCUT2D eigenvalue weighted by Crippen LogP contribution is 2.31. The average molecular weight is 429 g/mol. The van der Waals surface area contributed by atoms with Crippen LogP contribution >= 0.6 is 0 Å². The average Bonchev–Trinajstić information content (AvgIpc) is 2.76. The van der Waals surface area contributed by atoms with Crippen LogP contribution in [0.5, 0.6) is 0 Å². The van der Waals surface area contributed by atoms with Crippen LogP contribution in [0.1, 0.15) is 58.1 Å². The number of nitrogens with one attached hydrogen (secondary N) is 1. The van der Waals surface area contributed by atoms with Crippen LogP contribution in [0, 0.1) is 11.3 Å². The van der Waals surface area contributed by atoms with Crippen molar-refractivity contribution >= 4 is 17.7 Å². The number of nitrogens with two attached hydrogens (primary N) is 1. The minimum absolute atomic E-state index is 0.106. The first-order valence-corrected chi connectivity index (χ1v) is 11.4. The Bertz CT molecular complexity index is 782. The number of primary amides is 1. The lowest BCUT2D eigenvalue weighted by Crippen LogP contribution is -2.57. The van der Waals surface area contributed by atoms with Gasteiger partial charge in [0.15, 0.2) is 0 Å². The van der Waals surface area contributed by atoms with E-state index in [9.17, 15) is 14.4 Å². The van der Waals surface area contributed by atoms with Crippen molar-refractivity contribution in [3.8, 4) is 0 Å². The molecule has 0 aromatic heterocycles. The Morgan fingerprint density at radius 2 is 1.61 bits per heavy atom. The number of amides is 3. The summed E-state index contributed by atoms with van der Waals surface area (Å²) in [6.07, 6.45) is 3.85. The Hall–Kier alpha value is -2.41. The van der Waals surface area contributed by atoms with Crippen LogP contribution in [0.4, 0.5) is 0 Å². The van der Waals surface area contributed by atoms with Gasteiger partial charge in [-0.2, -0.15) is 0 Å². The molecule has 31 heavy (non-hydrogen) atoms. The van der Waals surface area contributed by atoms with Gasteiger partial charge in [-0.05, 0) is 18.4 Å². The Balaban J connectivity index is 1.66. The lowest BCUT2D eigenvalue weighted by molar-refractivity contribution is -0.142. The van der Waals surface area contributed by atoms with Crippen molar-refractivity contribution in [3.05, 3.63) is 35.9 Å². The van der Waals surface area contributed by atoms with Crippen molar-refractivity contribution in [1.29, 1.82) is 0 Å². The second-order valence-electron chi connectivity index (χ2n) is 9.79. The van der Waals surface area contributed by atoms with Crippen LogP contribution in [0.2, 0.25) is 0 Å². The lowest BCUT2D eigenvalue weighted by atomic mass is 9.82. The first-order chi connectivity index (χ1) is 14.7. The SMILES string of the molecule is CC(C)(C)C(=O)N1CCN([C@@H]2CCCC[C@H]2C(=O)N[C@H](C(N)=O)c2ccccc2)CC1. The number of hydrogen-bond acceptors (Lipinski definition) is 4. The van der Waals surface area contributed by atoms with Crippen LogP contribution in [-0.4, -0.2) is 59.7 Å². The predicted molar refractivity (Wildman–Crippen MR) is 120 cm³/mol. The highest BCUT2D eigenvalue weighted by Gasteiger charge is 2.38. The Kier molecular flexibility index (Phi) is 7.36. The van der Waals surface area contributed by atoms with Gasteiger partial charge in [0, 0.05) is 37.6 Å². The maximum Gasteiger partial charge on any atom is 0.244 e. The van der Waals surface area contributed by atoms with E-state index in [4.69, 9.17) is 5.73 Å². The van der Waals surface area contributed by atoms with Gasteiger partial charge >= 0.3 is 0 Å². The first-order valence-electron chi connectivity index (χ1n) is 11.4. The Morgan fingerprint density at radius 1 is 1.00 bits per heavy atom. The van der Waals surface area contributed by atoms with Crippen molar-refractivity contribution in [2.24, 2.45) is 17.1 Å². The summed E-state index contributed by atoms with van der Waals surface area (Å²) >= 11 is 0. The Morgan fingerprint density at radius 3 is 2.19 bits per heavy atom. The summed E-state index contributed by atoms with van der Waals surface area (Å²) in [5.41, 5.74) is 5.92. The molecular formula is C24H36N4O3. The molecule has 0 unspecified atom stereocenters. The molecule has 1 aromatic rings. The molecular weight excluding hydrogens is 392 g/mol. The van der Waals surface area contributed by atoms with E-state index in [1.807, 2.05) is 43.9 Å². The summed E-state index contributed by atoms with van der Waals surface area (Å²) in [5.74, 6) is -0.659. The summed E-state index contributed by atoms with van der Waals surface area (Å²) in [4.78, 5) is 42.2. The molecule has 1 aromatic carbocycles. The number of rotatable bonds is 5. The molecule has 3 atom stereocenters. The normalized spacial score (nSPS) is 23.8. The van der Waals surface area contributed by atoms with Crippen molar-refractivity contribution < 1.29 is 14.4 Å². The quantitative estimate of drug-likeness (QED) is 0.751. The van der Waals surface area contributed by atoms with Crippen molar-refractivity contribution in [1.82, 2.24) is 15.1 Å². The summed E-state index contributed by atoms with van der Waals surface area (Å²) in [6, 6.07) is 8.45. The second-order valence-corrected chi connectivity index (χ2v) is 9.79. The van der Waals surface area contributed by atoms with E-state index in [-0.39, 0.29) is 29.2 Å². The highest BCUT2D eigenvalue weighted by atomic mass is 16.2. The minimum atomic E-state index is -0.822. The van der Waals surface area contributed by atoms with Crippen molar-refractivity contribution in [3.63, 3.8) is 0 Å². The molecule has 1 saturated carbocycles. The number of carbonyl (C=O) groups excluding carboxylic acids is 3. The molecule has 2 aliphatic rings. The van der Waals surface area contributed by atoms with E-state index in [2.05, 4.69) is 10.2 Å². The van der Waals surface area contributed by atoms with Crippen molar-refractivity contribution in [2.45, 2.75) is 58.5 Å². The molecule has 1 heterocycles. The molecule has 0 radical (unpaired) electrons. The number of benzene rings is 1. The molecule has 7 heteroatoms. The third-order valence-electron chi connectivity index (χ3n) is 6.48. The third kappa shape index (κ3) is 5.64.